The molecular weight excluding hydrogens is 342 g/mol. The van der Waals surface area contributed by atoms with Crippen LogP contribution in [0.25, 0.3) is 22.4 Å². The Morgan fingerprint density at radius 1 is 1.26 bits per heavy atom. The monoisotopic (exact) mass is 367 g/mol. The van der Waals surface area contributed by atoms with Gasteiger partial charge in [-0.25, -0.2) is 9.97 Å². The second kappa shape index (κ2) is 7.89. The van der Waals surface area contributed by atoms with Gasteiger partial charge in [0.05, 0.1) is 13.4 Å². The Kier molecular flexibility index (Phi) is 5.17. The smallest absolute Gasteiger partial charge is 0.225 e. The topological polar surface area (TPSA) is 114 Å². The lowest BCUT2D eigenvalue weighted by atomic mass is 9.98. The summed E-state index contributed by atoms with van der Waals surface area (Å²) >= 11 is 0. The van der Waals surface area contributed by atoms with Crippen LogP contribution in [-0.2, 0) is 6.54 Å². The number of imidazole rings is 1. The van der Waals surface area contributed by atoms with Crippen molar-refractivity contribution in [2.24, 2.45) is 11.7 Å². The second-order valence-corrected chi connectivity index (χ2v) is 6.80. The molecule has 3 heterocycles. The second-order valence-electron chi connectivity index (χ2n) is 6.80. The first-order valence-electron chi connectivity index (χ1n) is 9.31. The molecule has 3 aromatic rings. The first kappa shape index (κ1) is 17.7. The van der Waals surface area contributed by atoms with Crippen LogP contribution in [0, 0.1) is 5.92 Å². The number of anilines is 1. The van der Waals surface area contributed by atoms with E-state index in [2.05, 4.69) is 25.6 Å². The largest absolute Gasteiger partial charge is 0.496 e. The maximum Gasteiger partial charge on any atom is 0.225 e. The Bertz CT molecular complexity index is 918. The van der Waals surface area contributed by atoms with Crippen LogP contribution < -0.4 is 21.1 Å². The number of benzene rings is 1. The minimum Gasteiger partial charge on any atom is -0.496 e. The Balaban J connectivity index is 1.66. The van der Waals surface area contributed by atoms with Gasteiger partial charge in [-0.2, -0.15) is 4.98 Å². The fraction of sp³-hybridized carbons (Fsp3) is 0.421. The zero-order chi connectivity index (χ0) is 18.6. The van der Waals surface area contributed by atoms with Crippen LogP contribution in [0.2, 0.25) is 0 Å². The van der Waals surface area contributed by atoms with E-state index in [9.17, 15) is 0 Å². The van der Waals surface area contributed by atoms with Crippen LogP contribution in [0.1, 0.15) is 18.4 Å². The molecule has 4 rings (SSSR count). The Morgan fingerprint density at radius 3 is 2.89 bits per heavy atom. The third kappa shape index (κ3) is 3.72. The summed E-state index contributed by atoms with van der Waals surface area (Å²) in [4.78, 5) is 16.8. The number of rotatable bonds is 6. The van der Waals surface area contributed by atoms with E-state index in [1.807, 2.05) is 18.2 Å². The normalized spacial score (nSPS) is 15.2. The summed E-state index contributed by atoms with van der Waals surface area (Å²) in [5.74, 6) is 2.03. The molecule has 2 aromatic heterocycles. The predicted molar refractivity (Wildman–Crippen MR) is 106 cm³/mol. The molecule has 8 nitrogen and oxygen atoms in total. The highest BCUT2D eigenvalue weighted by atomic mass is 16.5. The summed E-state index contributed by atoms with van der Waals surface area (Å²) in [5, 5.41) is 6.80. The van der Waals surface area contributed by atoms with E-state index in [1.54, 1.807) is 13.4 Å². The molecule has 0 aliphatic carbocycles. The number of nitrogens with one attached hydrogen (secondary N) is 3. The fourth-order valence-corrected chi connectivity index (χ4v) is 3.52. The van der Waals surface area contributed by atoms with Crippen LogP contribution >= 0.6 is 0 Å². The lowest BCUT2D eigenvalue weighted by Crippen LogP contribution is -2.31. The van der Waals surface area contributed by atoms with E-state index in [0.29, 0.717) is 18.4 Å². The number of nitrogens with two attached hydrogens (primary N) is 1. The molecule has 1 saturated heterocycles. The van der Waals surface area contributed by atoms with Crippen molar-refractivity contribution in [2.45, 2.75) is 19.4 Å². The molecule has 0 bridgehead atoms. The van der Waals surface area contributed by atoms with Gasteiger partial charge in [-0.15, -0.1) is 0 Å². The molecule has 0 unspecified atom stereocenters. The number of aromatic amines is 1. The highest BCUT2D eigenvalue weighted by molar-refractivity contribution is 5.88. The van der Waals surface area contributed by atoms with E-state index in [0.717, 1.165) is 53.4 Å². The van der Waals surface area contributed by atoms with E-state index in [4.69, 9.17) is 15.5 Å². The zero-order valence-corrected chi connectivity index (χ0v) is 15.5. The lowest BCUT2D eigenvalue weighted by molar-refractivity contribution is 0.389. The lowest BCUT2D eigenvalue weighted by Gasteiger charge is -2.22. The van der Waals surface area contributed by atoms with Crippen LogP contribution in [0.3, 0.4) is 0 Å². The first-order chi connectivity index (χ1) is 13.3. The fourth-order valence-electron chi connectivity index (χ4n) is 3.52. The van der Waals surface area contributed by atoms with Gasteiger partial charge in [0.1, 0.15) is 17.0 Å². The quantitative estimate of drug-likeness (QED) is 0.526. The average Bonchev–Trinajstić information content (AvgIpc) is 3.20. The molecule has 1 aromatic carbocycles. The maximum atomic E-state index is 5.87. The summed E-state index contributed by atoms with van der Waals surface area (Å²) in [6, 6.07) is 5.90. The van der Waals surface area contributed by atoms with Crippen molar-refractivity contribution in [3.63, 3.8) is 0 Å². The van der Waals surface area contributed by atoms with Crippen molar-refractivity contribution >= 4 is 17.1 Å². The number of piperidine rings is 1. The molecule has 27 heavy (non-hydrogen) atoms. The van der Waals surface area contributed by atoms with Gasteiger partial charge in [0.15, 0.2) is 5.65 Å². The van der Waals surface area contributed by atoms with Crippen LogP contribution in [0.15, 0.2) is 24.5 Å². The van der Waals surface area contributed by atoms with Crippen molar-refractivity contribution in [3.05, 3.63) is 30.1 Å². The molecule has 1 aliphatic heterocycles. The molecular formula is C19H25N7O. The SMILES string of the molecule is COc1ccc(-c2nc(NCC3CCNCC3)nc3[nH]cnc23)cc1CN. The predicted octanol–water partition coefficient (Wildman–Crippen LogP) is 1.90. The summed E-state index contributed by atoms with van der Waals surface area (Å²) in [6.45, 7) is 3.42. The third-order valence-electron chi connectivity index (χ3n) is 5.06. The number of aromatic nitrogens is 4. The Morgan fingerprint density at radius 2 is 2.11 bits per heavy atom. The van der Waals surface area contributed by atoms with Crippen LogP contribution in [-0.4, -0.2) is 46.7 Å². The molecule has 0 amide bonds. The summed E-state index contributed by atoms with van der Waals surface area (Å²) in [5.41, 5.74) is 10.0. The Labute approximate surface area is 158 Å². The Hall–Kier alpha value is -2.71. The minimum absolute atomic E-state index is 0.395. The number of hydrogen-bond acceptors (Lipinski definition) is 7. The maximum absolute atomic E-state index is 5.87. The summed E-state index contributed by atoms with van der Waals surface area (Å²) in [7, 11) is 1.65. The minimum atomic E-state index is 0.395. The molecule has 5 N–H and O–H groups in total. The molecule has 8 heteroatoms. The molecule has 142 valence electrons. The number of fused-ring (bicyclic) bond motifs is 1. The van der Waals surface area contributed by atoms with E-state index in [1.165, 1.54) is 12.8 Å². The molecule has 0 spiro atoms. The van der Waals surface area contributed by atoms with Gasteiger partial charge in [0.2, 0.25) is 5.95 Å². The third-order valence-corrected chi connectivity index (χ3v) is 5.06. The van der Waals surface area contributed by atoms with Gasteiger partial charge in [-0.3, -0.25) is 0 Å². The van der Waals surface area contributed by atoms with Gasteiger partial charge in [-0.1, -0.05) is 0 Å². The van der Waals surface area contributed by atoms with Crippen molar-refractivity contribution in [1.29, 1.82) is 0 Å². The van der Waals surface area contributed by atoms with Crippen LogP contribution in [0.5, 0.6) is 5.75 Å². The summed E-state index contributed by atoms with van der Waals surface area (Å²) in [6.07, 6.45) is 3.99. The molecule has 1 fully saturated rings. The highest BCUT2D eigenvalue weighted by Gasteiger charge is 2.16. The zero-order valence-electron chi connectivity index (χ0n) is 15.5. The van der Waals surface area contributed by atoms with Gasteiger partial charge in [-0.05, 0) is 50.0 Å². The van der Waals surface area contributed by atoms with Crippen molar-refractivity contribution in [3.8, 4) is 17.0 Å². The highest BCUT2D eigenvalue weighted by Crippen LogP contribution is 2.29. The average molecular weight is 367 g/mol. The number of ether oxygens (including phenoxy) is 1. The van der Waals surface area contributed by atoms with Gasteiger partial charge < -0.3 is 26.1 Å². The number of nitrogens with zero attached hydrogens (tertiary/aromatic N) is 3. The number of methoxy groups -OCH3 is 1. The molecule has 0 radical (unpaired) electrons. The van der Waals surface area contributed by atoms with Gasteiger partial charge in [0.25, 0.3) is 0 Å². The van der Waals surface area contributed by atoms with Crippen molar-refractivity contribution in [1.82, 2.24) is 25.3 Å². The molecule has 0 saturated carbocycles. The number of H-pyrrole nitrogens is 1. The van der Waals surface area contributed by atoms with Crippen molar-refractivity contribution < 1.29 is 4.74 Å². The van der Waals surface area contributed by atoms with E-state index >= 15 is 0 Å². The molecule has 1 aliphatic rings. The first-order valence-corrected chi connectivity index (χ1v) is 9.31. The standard InChI is InChI=1S/C19H25N7O/c1-27-15-3-2-13(8-14(15)9-20)16-17-18(24-11-23-17)26-19(25-16)22-10-12-4-6-21-7-5-12/h2-3,8,11-12,21H,4-7,9-10,20H2,1H3,(H2,22,23,24,25,26). The molecule has 0 atom stereocenters. The van der Waals surface area contributed by atoms with Crippen LogP contribution in [0.4, 0.5) is 5.95 Å². The number of hydrogen-bond donors (Lipinski definition) is 4. The van der Waals surface area contributed by atoms with E-state index in [-0.39, 0.29) is 0 Å². The summed E-state index contributed by atoms with van der Waals surface area (Å²) < 4.78 is 5.38. The van der Waals surface area contributed by atoms with E-state index < -0.39 is 0 Å². The van der Waals surface area contributed by atoms with Gasteiger partial charge in [0, 0.05) is 24.2 Å². The van der Waals surface area contributed by atoms with Crippen molar-refractivity contribution in [2.75, 3.05) is 32.1 Å². The van der Waals surface area contributed by atoms with Gasteiger partial charge >= 0.3 is 0 Å².